The first-order valence-corrected chi connectivity index (χ1v) is 11.7. The molecule has 1 heterocycles. The Kier molecular flexibility index (Phi) is 6.26. The molecular weight excluding hydrogens is 412 g/mol. The second kappa shape index (κ2) is 8.91. The number of carbonyl (C=O) groups excluding carboxylic acids is 1. The normalized spacial score (nSPS) is 13.5. The number of amides is 1. The molecule has 1 aromatic heterocycles. The lowest BCUT2D eigenvalue weighted by molar-refractivity contribution is 0.0745. The molecule has 1 aliphatic rings. The minimum absolute atomic E-state index is 0.0495. The van der Waals surface area contributed by atoms with E-state index in [0.717, 1.165) is 33.4 Å². The fourth-order valence-corrected chi connectivity index (χ4v) is 4.64. The Hall–Kier alpha value is -2.17. The number of thiazole rings is 1. The van der Waals surface area contributed by atoms with Gasteiger partial charge in [0.1, 0.15) is 5.69 Å². The van der Waals surface area contributed by atoms with Crippen molar-refractivity contribution in [2.75, 3.05) is 13.1 Å². The van der Waals surface area contributed by atoms with Crippen LogP contribution >= 0.6 is 22.9 Å². The third kappa shape index (κ3) is 4.93. The Bertz CT molecular complexity index is 1050. The van der Waals surface area contributed by atoms with Crippen LogP contribution in [0.2, 0.25) is 5.02 Å². The van der Waals surface area contributed by atoms with Crippen molar-refractivity contribution in [3.8, 4) is 10.4 Å². The first kappa shape index (κ1) is 21.1. The Morgan fingerprint density at radius 3 is 2.50 bits per heavy atom. The van der Waals surface area contributed by atoms with E-state index in [1.165, 1.54) is 29.5 Å². The molecule has 30 heavy (non-hydrogen) atoms. The van der Waals surface area contributed by atoms with Crippen LogP contribution in [0.4, 0.5) is 0 Å². The van der Waals surface area contributed by atoms with E-state index in [9.17, 15) is 4.79 Å². The van der Waals surface area contributed by atoms with E-state index in [1.807, 2.05) is 36.1 Å². The zero-order valence-corrected chi connectivity index (χ0v) is 19.3. The molecule has 2 aromatic carbocycles. The van der Waals surface area contributed by atoms with E-state index in [-0.39, 0.29) is 5.91 Å². The summed E-state index contributed by atoms with van der Waals surface area (Å²) in [4.78, 5) is 21.2. The number of aromatic nitrogens is 1. The maximum atomic E-state index is 13.6. The molecule has 0 saturated heterocycles. The summed E-state index contributed by atoms with van der Waals surface area (Å²) in [7, 11) is 0. The van der Waals surface area contributed by atoms with Gasteiger partial charge in [0.15, 0.2) is 0 Å². The molecule has 3 nitrogen and oxygen atoms in total. The molecule has 0 N–H and O–H groups in total. The average Bonchev–Trinajstić information content (AvgIpc) is 3.47. The van der Waals surface area contributed by atoms with Gasteiger partial charge in [-0.1, -0.05) is 41.9 Å². The number of carbonyl (C=O) groups is 1. The largest absolute Gasteiger partial charge is 0.337 e. The number of aryl methyl sites for hydroxylation is 3. The molecule has 5 heteroatoms. The quantitative estimate of drug-likeness (QED) is 0.422. The van der Waals surface area contributed by atoms with Crippen LogP contribution < -0.4 is 0 Å². The van der Waals surface area contributed by atoms with Crippen LogP contribution in [0, 0.1) is 26.7 Å². The van der Waals surface area contributed by atoms with Crippen molar-refractivity contribution in [2.45, 2.75) is 40.0 Å². The van der Waals surface area contributed by atoms with Crippen LogP contribution in [0.25, 0.3) is 10.4 Å². The van der Waals surface area contributed by atoms with Crippen molar-refractivity contribution in [1.29, 1.82) is 0 Å². The maximum absolute atomic E-state index is 13.6. The Morgan fingerprint density at radius 2 is 1.83 bits per heavy atom. The van der Waals surface area contributed by atoms with Gasteiger partial charge in [-0.25, -0.2) is 4.98 Å². The zero-order valence-electron chi connectivity index (χ0n) is 17.7. The molecule has 0 bridgehead atoms. The van der Waals surface area contributed by atoms with E-state index in [0.29, 0.717) is 18.2 Å². The molecule has 1 amide bonds. The molecule has 0 unspecified atom stereocenters. The van der Waals surface area contributed by atoms with E-state index >= 15 is 0 Å². The van der Waals surface area contributed by atoms with Gasteiger partial charge >= 0.3 is 0 Å². The van der Waals surface area contributed by atoms with E-state index in [2.05, 4.69) is 37.0 Å². The van der Waals surface area contributed by atoms with Crippen LogP contribution in [0.15, 0.2) is 42.5 Å². The number of nitrogens with zero attached hydrogens (tertiary/aromatic N) is 2. The Morgan fingerprint density at radius 1 is 1.10 bits per heavy atom. The topological polar surface area (TPSA) is 33.2 Å². The first-order chi connectivity index (χ1) is 14.4. The van der Waals surface area contributed by atoms with Crippen molar-refractivity contribution >= 4 is 28.8 Å². The number of hydrogen-bond acceptors (Lipinski definition) is 3. The summed E-state index contributed by atoms with van der Waals surface area (Å²) in [5.41, 5.74) is 5.35. The predicted octanol–water partition coefficient (Wildman–Crippen LogP) is 6.48. The summed E-state index contributed by atoms with van der Waals surface area (Å²) in [5, 5.41) is 1.66. The monoisotopic (exact) mass is 438 g/mol. The molecule has 0 aliphatic heterocycles. The van der Waals surface area contributed by atoms with Crippen molar-refractivity contribution in [1.82, 2.24) is 9.88 Å². The van der Waals surface area contributed by atoms with Gasteiger partial charge in [0.25, 0.3) is 5.91 Å². The second-order valence-electron chi connectivity index (χ2n) is 8.28. The summed E-state index contributed by atoms with van der Waals surface area (Å²) >= 11 is 7.61. The van der Waals surface area contributed by atoms with Crippen LogP contribution in [0.5, 0.6) is 0 Å². The van der Waals surface area contributed by atoms with Gasteiger partial charge in [0.05, 0.1) is 9.88 Å². The Labute approximate surface area is 187 Å². The zero-order chi connectivity index (χ0) is 21.3. The third-order valence-electron chi connectivity index (χ3n) is 5.75. The molecular formula is C25H27ClN2OS. The molecule has 4 rings (SSSR count). The molecule has 0 atom stereocenters. The molecule has 0 spiro atoms. The molecule has 3 aromatic rings. The van der Waals surface area contributed by atoms with Crippen LogP contribution in [0.1, 0.15) is 45.0 Å². The van der Waals surface area contributed by atoms with Crippen LogP contribution in [-0.4, -0.2) is 28.9 Å². The van der Waals surface area contributed by atoms with Gasteiger partial charge in [-0.2, -0.15) is 0 Å². The lowest BCUT2D eigenvalue weighted by atomic mass is 10.0. The molecule has 1 aliphatic carbocycles. The summed E-state index contributed by atoms with van der Waals surface area (Å²) in [6, 6.07) is 14.3. The van der Waals surface area contributed by atoms with Crippen molar-refractivity contribution in [3.63, 3.8) is 0 Å². The number of halogens is 1. The lowest BCUT2D eigenvalue weighted by Crippen LogP contribution is -2.35. The number of benzene rings is 2. The first-order valence-electron chi connectivity index (χ1n) is 10.5. The minimum atomic E-state index is 0.0495. The van der Waals surface area contributed by atoms with Crippen molar-refractivity contribution in [2.24, 2.45) is 5.92 Å². The summed E-state index contributed by atoms with van der Waals surface area (Å²) < 4.78 is 0. The Balaban J connectivity index is 1.59. The number of hydrogen-bond donors (Lipinski definition) is 0. The van der Waals surface area contributed by atoms with Gasteiger partial charge < -0.3 is 4.90 Å². The maximum Gasteiger partial charge on any atom is 0.274 e. The van der Waals surface area contributed by atoms with Crippen molar-refractivity contribution in [3.05, 3.63) is 74.9 Å². The highest BCUT2D eigenvalue weighted by Gasteiger charge is 2.29. The summed E-state index contributed by atoms with van der Waals surface area (Å²) in [6.45, 7) is 7.71. The van der Waals surface area contributed by atoms with Gasteiger partial charge in [0, 0.05) is 18.1 Å². The molecule has 0 radical (unpaired) electrons. The minimum Gasteiger partial charge on any atom is -0.337 e. The standard InChI is InChI=1S/C25H27ClN2OS/c1-16-4-9-21(14-17(16)2)24-23(27-18(3)30-24)25(29)28(15-20-5-6-20)13-12-19-7-10-22(26)11-8-19/h4,7-11,14,20H,5-6,12-13,15H2,1-3H3. The van der Waals surface area contributed by atoms with Crippen LogP contribution in [-0.2, 0) is 6.42 Å². The lowest BCUT2D eigenvalue weighted by Gasteiger charge is -2.22. The summed E-state index contributed by atoms with van der Waals surface area (Å²) in [5.74, 6) is 0.678. The van der Waals surface area contributed by atoms with E-state index in [4.69, 9.17) is 11.6 Å². The fraction of sp³-hybridized carbons (Fsp3) is 0.360. The third-order valence-corrected chi connectivity index (χ3v) is 7.02. The van der Waals surface area contributed by atoms with Gasteiger partial charge in [-0.05, 0) is 80.3 Å². The van der Waals surface area contributed by atoms with E-state index < -0.39 is 0 Å². The second-order valence-corrected chi connectivity index (χ2v) is 9.92. The molecule has 1 fully saturated rings. The fourth-order valence-electron chi connectivity index (χ4n) is 3.60. The average molecular weight is 439 g/mol. The highest BCUT2D eigenvalue weighted by Crippen LogP contribution is 2.34. The van der Waals surface area contributed by atoms with Crippen LogP contribution in [0.3, 0.4) is 0 Å². The molecule has 156 valence electrons. The highest BCUT2D eigenvalue weighted by atomic mass is 35.5. The molecule has 1 saturated carbocycles. The predicted molar refractivity (Wildman–Crippen MR) is 126 cm³/mol. The number of rotatable bonds is 7. The summed E-state index contributed by atoms with van der Waals surface area (Å²) in [6.07, 6.45) is 3.24. The van der Waals surface area contributed by atoms with Crippen molar-refractivity contribution < 1.29 is 4.79 Å². The highest BCUT2D eigenvalue weighted by molar-refractivity contribution is 7.15. The SMILES string of the molecule is Cc1nc(C(=O)N(CCc2ccc(Cl)cc2)CC2CC2)c(-c2ccc(C)c(C)c2)s1. The van der Waals surface area contributed by atoms with E-state index in [1.54, 1.807) is 11.3 Å². The van der Waals surface area contributed by atoms with Gasteiger partial charge in [-0.3, -0.25) is 4.79 Å². The van der Waals surface area contributed by atoms with Gasteiger partial charge in [0.2, 0.25) is 0 Å². The van der Waals surface area contributed by atoms with Gasteiger partial charge in [-0.15, -0.1) is 11.3 Å². The smallest absolute Gasteiger partial charge is 0.274 e.